The number of carbonyl (C=O) groups is 1. The van der Waals surface area contributed by atoms with Gasteiger partial charge in [0.15, 0.2) is 0 Å². The van der Waals surface area contributed by atoms with Gasteiger partial charge >= 0.3 is 0 Å². The number of anilines is 2. The Bertz CT molecular complexity index is 1120. The summed E-state index contributed by atoms with van der Waals surface area (Å²) >= 11 is 0. The van der Waals surface area contributed by atoms with E-state index in [1.165, 1.54) is 47.1 Å². The van der Waals surface area contributed by atoms with Crippen LogP contribution in [0, 0.1) is 24.2 Å². The smallest absolute Gasteiger partial charge is 0.243 e. The molecule has 32 heavy (non-hydrogen) atoms. The monoisotopic (exact) mass is 452 g/mol. The van der Waals surface area contributed by atoms with Gasteiger partial charge in [0.2, 0.25) is 15.9 Å². The largest absolute Gasteiger partial charge is 0.371 e. The van der Waals surface area contributed by atoms with E-state index in [0.717, 1.165) is 24.3 Å². The Kier molecular flexibility index (Phi) is 6.49. The van der Waals surface area contributed by atoms with Gasteiger partial charge in [0.25, 0.3) is 0 Å². The molecule has 0 radical (unpaired) electrons. The lowest BCUT2D eigenvalue weighted by Crippen LogP contribution is -2.41. The lowest BCUT2D eigenvalue weighted by molar-refractivity contribution is -0.120. The van der Waals surface area contributed by atoms with Gasteiger partial charge in [-0.25, -0.2) is 8.42 Å². The molecule has 4 rings (SSSR count). The van der Waals surface area contributed by atoms with Crippen molar-refractivity contribution in [1.29, 1.82) is 5.26 Å². The third-order valence-electron chi connectivity index (χ3n) is 6.36. The van der Waals surface area contributed by atoms with Gasteiger partial charge in [-0.15, -0.1) is 0 Å². The molecule has 1 N–H and O–H groups in total. The number of nitriles is 1. The van der Waals surface area contributed by atoms with Gasteiger partial charge in [-0.2, -0.15) is 9.57 Å². The van der Waals surface area contributed by atoms with E-state index in [-0.39, 0.29) is 16.7 Å². The van der Waals surface area contributed by atoms with Crippen molar-refractivity contribution in [3.63, 3.8) is 0 Å². The van der Waals surface area contributed by atoms with Gasteiger partial charge in [-0.3, -0.25) is 4.79 Å². The molecule has 0 unspecified atom stereocenters. The standard InChI is InChI=1S/C24H28N4O3S/c1-18-16-21(6-9-23(18)27-12-2-3-13-27)26-24(29)20-10-14-28(15-11-20)32(30,31)22-7-4-19(17-25)5-8-22/h4-9,16,20H,2-3,10-15H2,1H3,(H,26,29). The zero-order valence-corrected chi connectivity index (χ0v) is 19.1. The summed E-state index contributed by atoms with van der Waals surface area (Å²) in [5.41, 5.74) is 3.57. The highest BCUT2D eigenvalue weighted by atomic mass is 32.2. The lowest BCUT2D eigenvalue weighted by atomic mass is 9.97. The van der Waals surface area contributed by atoms with Crippen molar-refractivity contribution in [2.24, 2.45) is 5.92 Å². The Morgan fingerprint density at radius 2 is 1.69 bits per heavy atom. The topological polar surface area (TPSA) is 93.5 Å². The van der Waals surface area contributed by atoms with E-state index in [1.807, 2.05) is 18.2 Å². The van der Waals surface area contributed by atoms with Crippen LogP contribution in [0.15, 0.2) is 47.4 Å². The fourth-order valence-corrected chi connectivity index (χ4v) is 5.97. The minimum Gasteiger partial charge on any atom is -0.371 e. The molecule has 2 heterocycles. The predicted molar refractivity (Wildman–Crippen MR) is 124 cm³/mol. The number of nitrogens with one attached hydrogen (secondary N) is 1. The van der Waals surface area contributed by atoms with Crippen molar-refractivity contribution in [2.45, 2.75) is 37.5 Å². The molecule has 0 atom stereocenters. The molecule has 8 heteroatoms. The maximum atomic E-state index is 12.9. The average molecular weight is 453 g/mol. The Balaban J connectivity index is 1.35. The first kappa shape index (κ1) is 22.3. The molecule has 0 aliphatic carbocycles. The first-order valence-electron chi connectivity index (χ1n) is 11.1. The van der Waals surface area contributed by atoms with Crippen molar-refractivity contribution in [2.75, 3.05) is 36.4 Å². The zero-order chi connectivity index (χ0) is 22.7. The summed E-state index contributed by atoms with van der Waals surface area (Å²) in [6.45, 7) is 4.82. The molecule has 7 nitrogen and oxygen atoms in total. The summed E-state index contributed by atoms with van der Waals surface area (Å²) in [5.74, 6) is -0.283. The van der Waals surface area contributed by atoms with Crippen molar-refractivity contribution in [3.05, 3.63) is 53.6 Å². The Morgan fingerprint density at radius 3 is 2.28 bits per heavy atom. The van der Waals surface area contributed by atoms with Crippen LogP contribution in [-0.4, -0.2) is 44.8 Å². The van der Waals surface area contributed by atoms with E-state index in [9.17, 15) is 13.2 Å². The van der Waals surface area contributed by atoms with Crippen LogP contribution >= 0.6 is 0 Å². The Morgan fingerprint density at radius 1 is 1.03 bits per heavy atom. The minimum atomic E-state index is -3.63. The number of aryl methyl sites for hydroxylation is 1. The molecule has 0 bridgehead atoms. The number of hydrogen-bond acceptors (Lipinski definition) is 5. The summed E-state index contributed by atoms with van der Waals surface area (Å²) in [5, 5.41) is 11.9. The quantitative estimate of drug-likeness (QED) is 0.749. The fraction of sp³-hybridized carbons (Fsp3) is 0.417. The summed E-state index contributed by atoms with van der Waals surface area (Å²) < 4.78 is 27.2. The second-order valence-electron chi connectivity index (χ2n) is 8.50. The third-order valence-corrected chi connectivity index (χ3v) is 8.27. The van der Waals surface area contributed by atoms with E-state index in [4.69, 9.17) is 5.26 Å². The fourth-order valence-electron chi connectivity index (χ4n) is 4.50. The normalized spacial score (nSPS) is 17.8. The van der Waals surface area contributed by atoms with Gasteiger partial charge in [-0.1, -0.05) is 0 Å². The van der Waals surface area contributed by atoms with Crippen LogP contribution in [0.2, 0.25) is 0 Å². The van der Waals surface area contributed by atoms with Crippen LogP contribution in [0.5, 0.6) is 0 Å². The van der Waals surface area contributed by atoms with Crippen molar-refractivity contribution in [3.8, 4) is 6.07 Å². The summed E-state index contributed by atoms with van der Waals surface area (Å²) in [4.78, 5) is 15.4. The molecule has 0 spiro atoms. The zero-order valence-electron chi connectivity index (χ0n) is 18.3. The van der Waals surface area contributed by atoms with E-state index in [1.54, 1.807) is 0 Å². The minimum absolute atomic E-state index is 0.0613. The summed E-state index contributed by atoms with van der Waals surface area (Å²) in [7, 11) is -3.63. The van der Waals surface area contributed by atoms with Crippen LogP contribution in [-0.2, 0) is 14.8 Å². The lowest BCUT2D eigenvalue weighted by Gasteiger charge is -2.30. The second kappa shape index (κ2) is 9.31. The Labute approximate surface area is 189 Å². The van der Waals surface area contributed by atoms with Gasteiger partial charge < -0.3 is 10.2 Å². The van der Waals surface area contributed by atoms with Crippen molar-refractivity contribution >= 4 is 27.3 Å². The van der Waals surface area contributed by atoms with Gasteiger partial charge in [-0.05, 0) is 80.6 Å². The molecule has 1 amide bonds. The van der Waals surface area contributed by atoms with Gasteiger partial charge in [0.05, 0.1) is 16.5 Å². The van der Waals surface area contributed by atoms with E-state index < -0.39 is 10.0 Å². The number of sulfonamides is 1. The molecule has 0 aromatic heterocycles. The molecular weight excluding hydrogens is 424 g/mol. The van der Waals surface area contributed by atoms with E-state index in [2.05, 4.69) is 23.2 Å². The maximum absolute atomic E-state index is 12.9. The maximum Gasteiger partial charge on any atom is 0.243 e. The van der Waals surface area contributed by atoms with Crippen LogP contribution in [0.25, 0.3) is 0 Å². The van der Waals surface area contributed by atoms with Gasteiger partial charge in [0.1, 0.15) is 0 Å². The van der Waals surface area contributed by atoms with E-state index >= 15 is 0 Å². The average Bonchev–Trinajstić information content (AvgIpc) is 3.34. The van der Waals surface area contributed by atoms with Crippen LogP contribution < -0.4 is 10.2 Å². The molecular formula is C24H28N4O3S. The summed E-state index contributed by atoms with van der Waals surface area (Å²) in [6.07, 6.45) is 3.40. The molecule has 2 fully saturated rings. The number of benzene rings is 2. The highest BCUT2D eigenvalue weighted by molar-refractivity contribution is 7.89. The predicted octanol–water partition coefficient (Wildman–Crippen LogP) is 3.51. The van der Waals surface area contributed by atoms with Crippen LogP contribution in [0.1, 0.15) is 36.8 Å². The molecule has 2 aliphatic heterocycles. The number of rotatable bonds is 5. The highest BCUT2D eigenvalue weighted by Crippen LogP contribution is 2.28. The number of piperidine rings is 1. The SMILES string of the molecule is Cc1cc(NC(=O)C2CCN(S(=O)(=O)c3ccc(C#N)cc3)CC2)ccc1N1CCCC1. The second-order valence-corrected chi connectivity index (χ2v) is 10.4. The molecule has 2 aliphatic rings. The summed E-state index contributed by atoms with van der Waals surface area (Å²) in [6, 6.07) is 13.9. The molecule has 2 aromatic carbocycles. The van der Waals surface area contributed by atoms with E-state index in [0.29, 0.717) is 31.5 Å². The molecule has 2 saturated heterocycles. The highest BCUT2D eigenvalue weighted by Gasteiger charge is 2.32. The molecule has 0 saturated carbocycles. The van der Waals surface area contributed by atoms with Gasteiger partial charge in [0, 0.05) is 43.5 Å². The molecule has 2 aromatic rings. The first-order chi connectivity index (χ1) is 15.4. The first-order valence-corrected chi connectivity index (χ1v) is 12.5. The van der Waals surface area contributed by atoms with Crippen molar-refractivity contribution < 1.29 is 13.2 Å². The number of nitrogens with zero attached hydrogens (tertiary/aromatic N) is 3. The third kappa shape index (κ3) is 4.64. The van der Waals surface area contributed by atoms with Crippen molar-refractivity contribution in [1.82, 2.24) is 4.31 Å². The van der Waals surface area contributed by atoms with Crippen LogP contribution in [0.4, 0.5) is 11.4 Å². The number of carbonyl (C=O) groups excluding carboxylic acids is 1. The Hall–Kier alpha value is -2.89. The molecule has 168 valence electrons. The number of hydrogen-bond donors (Lipinski definition) is 1. The number of amides is 1. The van der Waals surface area contributed by atoms with Crippen LogP contribution in [0.3, 0.4) is 0 Å².